The summed E-state index contributed by atoms with van der Waals surface area (Å²) in [4.78, 5) is 24.1. The van der Waals surface area contributed by atoms with Crippen LogP contribution >= 0.6 is 0 Å². The molecule has 2 unspecified atom stereocenters. The van der Waals surface area contributed by atoms with Crippen molar-refractivity contribution in [1.82, 2.24) is 0 Å². The van der Waals surface area contributed by atoms with Crippen molar-refractivity contribution in [3.63, 3.8) is 0 Å². The summed E-state index contributed by atoms with van der Waals surface area (Å²) in [6, 6.07) is 16.4. The van der Waals surface area contributed by atoms with Gasteiger partial charge < -0.3 is 19.3 Å². The van der Waals surface area contributed by atoms with Gasteiger partial charge in [0.2, 0.25) is 0 Å². The molecular weight excluding hydrogens is 355 g/mol. The number of hydrogen-bond acceptors (Lipinski definition) is 6. The summed E-state index contributed by atoms with van der Waals surface area (Å²) < 4.78 is 30.1. The Bertz CT molecular complexity index is 767. The lowest BCUT2D eigenvalue weighted by molar-refractivity contribution is -0.224. The third-order valence-electron chi connectivity index (χ3n) is 4.13. The van der Waals surface area contributed by atoms with E-state index >= 15 is 0 Å². The lowest BCUT2D eigenvalue weighted by atomic mass is 10.0. The largest absolute Gasteiger partial charge is 0.459 e. The fourth-order valence-corrected chi connectivity index (χ4v) is 2.74. The van der Waals surface area contributed by atoms with E-state index in [1.807, 2.05) is 0 Å². The monoisotopic (exact) mass is 374 g/mol. The van der Waals surface area contributed by atoms with Crippen molar-refractivity contribution in [2.24, 2.45) is 0 Å². The molecule has 0 spiro atoms. The van der Waals surface area contributed by atoms with Crippen LogP contribution in [0.1, 0.15) is 27.1 Å². The lowest BCUT2D eigenvalue weighted by Crippen LogP contribution is -2.49. The van der Waals surface area contributed by atoms with Crippen LogP contribution in [0.2, 0.25) is 0 Å². The van der Waals surface area contributed by atoms with Gasteiger partial charge in [-0.15, -0.1) is 0 Å². The Morgan fingerprint density at radius 3 is 2.15 bits per heavy atom. The minimum Gasteiger partial charge on any atom is -0.459 e. The van der Waals surface area contributed by atoms with Gasteiger partial charge in [-0.1, -0.05) is 36.4 Å². The van der Waals surface area contributed by atoms with E-state index in [1.54, 1.807) is 60.7 Å². The average Bonchev–Trinajstić information content (AvgIpc) is 2.70. The molecule has 1 aliphatic heterocycles. The molecule has 7 heteroatoms. The Kier molecular flexibility index (Phi) is 6.16. The molecule has 0 aromatic heterocycles. The quantitative estimate of drug-likeness (QED) is 0.810. The number of alkyl halides is 1. The number of rotatable bonds is 5. The Morgan fingerprint density at radius 2 is 1.56 bits per heavy atom. The van der Waals surface area contributed by atoms with Gasteiger partial charge in [0.25, 0.3) is 0 Å². The van der Waals surface area contributed by atoms with Crippen molar-refractivity contribution in [3.05, 3.63) is 71.8 Å². The summed E-state index contributed by atoms with van der Waals surface area (Å²) in [7, 11) is 0. The van der Waals surface area contributed by atoms with Crippen LogP contribution in [0.5, 0.6) is 0 Å². The molecule has 1 aliphatic rings. The molecule has 1 fully saturated rings. The number of carbonyl (C=O) groups is 2. The zero-order chi connectivity index (χ0) is 19.2. The Hall–Kier alpha value is -2.77. The van der Waals surface area contributed by atoms with Gasteiger partial charge in [-0.05, 0) is 24.3 Å². The van der Waals surface area contributed by atoms with Crippen LogP contribution in [0.15, 0.2) is 60.7 Å². The lowest BCUT2D eigenvalue weighted by Gasteiger charge is -2.35. The van der Waals surface area contributed by atoms with Crippen molar-refractivity contribution in [3.8, 4) is 0 Å². The first kappa shape index (κ1) is 19.0. The van der Waals surface area contributed by atoms with Crippen molar-refractivity contribution in [2.75, 3.05) is 6.61 Å². The summed E-state index contributed by atoms with van der Waals surface area (Å²) in [6.45, 7) is -0.411. The second-order valence-corrected chi connectivity index (χ2v) is 6.08. The highest BCUT2D eigenvalue weighted by molar-refractivity contribution is 5.89. The van der Waals surface area contributed by atoms with Gasteiger partial charge in [0.1, 0.15) is 18.8 Å². The van der Waals surface area contributed by atoms with E-state index in [2.05, 4.69) is 0 Å². The van der Waals surface area contributed by atoms with E-state index in [4.69, 9.17) is 14.2 Å². The summed E-state index contributed by atoms with van der Waals surface area (Å²) in [5.41, 5.74) is 0.592. The van der Waals surface area contributed by atoms with E-state index in [0.717, 1.165) is 0 Å². The molecule has 1 saturated heterocycles. The molecule has 6 nitrogen and oxygen atoms in total. The van der Waals surface area contributed by atoms with Gasteiger partial charge >= 0.3 is 11.9 Å². The molecule has 0 aliphatic carbocycles. The van der Waals surface area contributed by atoms with Crippen LogP contribution in [-0.4, -0.2) is 48.3 Å². The SMILES string of the molecule is O=C(OCC1O[C@H](O)CC(OC(=O)c2ccccc2)[C@@H]1F)c1ccccc1. The number of aliphatic hydroxyl groups excluding tert-OH is 1. The number of aliphatic hydroxyl groups is 1. The second kappa shape index (κ2) is 8.75. The van der Waals surface area contributed by atoms with Crippen LogP contribution in [0.25, 0.3) is 0 Å². The van der Waals surface area contributed by atoms with Crippen LogP contribution in [-0.2, 0) is 14.2 Å². The third-order valence-corrected chi connectivity index (χ3v) is 4.13. The predicted octanol–water partition coefficient (Wildman–Crippen LogP) is 2.51. The molecule has 1 heterocycles. The first-order chi connectivity index (χ1) is 13.0. The molecule has 142 valence electrons. The third kappa shape index (κ3) is 4.90. The molecule has 2 aromatic rings. The highest BCUT2D eigenvalue weighted by Crippen LogP contribution is 2.25. The minimum absolute atomic E-state index is 0.205. The number of carbonyl (C=O) groups excluding carboxylic acids is 2. The van der Waals surface area contributed by atoms with Crippen LogP contribution in [0, 0.1) is 0 Å². The number of halogens is 1. The first-order valence-corrected chi connectivity index (χ1v) is 8.50. The molecular formula is C20H19FO6. The van der Waals surface area contributed by atoms with Crippen LogP contribution < -0.4 is 0 Å². The summed E-state index contributed by atoms with van der Waals surface area (Å²) >= 11 is 0. The normalized spacial score (nSPS) is 24.8. The molecule has 3 rings (SSSR count). The zero-order valence-electron chi connectivity index (χ0n) is 14.4. The molecule has 4 atom stereocenters. The topological polar surface area (TPSA) is 82.1 Å². The molecule has 1 N–H and O–H groups in total. The minimum atomic E-state index is -1.75. The Morgan fingerprint density at radius 1 is 1.00 bits per heavy atom. The maximum absolute atomic E-state index is 14.7. The highest BCUT2D eigenvalue weighted by Gasteiger charge is 2.41. The zero-order valence-corrected chi connectivity index (χ0v) is 14.4. The molecule has 0 bridgehead atoms. The van der Waals surface area contributed by atoms with E-state index in [0.29, 0.717) is 5.56 Å². The maximum Gasteiger partial charge on any atom is 0.338 e. The van der Waals surface area contributed by atoms with Crippen molar-refractivity contribution in [2.45, 2.75) is 31.1 Å². The summed E-state index contributed by atoms with van der Waals surface area (Å²) in [6.07, 6.45) is -5.73. The predicted molar refractivity (Wildman–Crippen MR) is 92.8 cm³/mol. The van der Waals surface area contributed by atoms with Crippen molar-refractivity contribution >= 4 is 11.9 Å². The van der Waals surface area contributed by atoms with Crippen LogP contribution in [0.4, 0.5) is 4.39 Å². The summed E-state index contributed by atoms with van der Waals surface area (Å²) in [5, 5.41) is 9.81. The molecule has 0 saturated carbocycles. The number of benzene rings is 2. The Balaban J connectivity index is 1.59. The van der Waals surface area contributed by atoms with Gasteiger partial charge in [0.15, 0.2) is 12.5 Å². The van der Waals surface area contributed by atoms with E-state index in [1.165, 1.54) is 0 Å². The van der Waals surface area contributed by atoms with Gasteiger partial charge in [0, 0.05) is 6.42 Å². The van der Waals surface area contributed by atoms with Gasteiger partial charge in [-0.2, -0.15) is 0 Å². The summed E-state index contributed by atoms with van der Waals surface area (Å²) in [5.74, 6) is -1.33. The van der Waals surface area contributed by atoms with Crippen molar-refractivity contribution in [1.29, 1.82) is 0 Å². The van der Waals surface area contributed by atoms with Gasteiger partial charge in [-0.25, -0.2) is 14.0 Å². The molecule has 2 aromatic carbocycles. The number of ether oxygens (including phenoxy) is 3. The Labute approximate surface area is 155 Å². The molecule has 0 amide bonds. The smallest absolute Gasteiger partial charge is 0.338 e. The van der Waals surface area contributed by atoms with E-state index in [9.17, 15) is 19.1 Å². The average molecular weight is 374 g/mol. The van der Waals surface area contributed by atoms with Crippen molar-refractivity contribution < 1.29 is 33.3 Å². The van der Waals surface area contributed by atoms with Gasteiger partial charge in [0.05, 0.1) is 11.1 Å². The molecule has 0 radical (unpaired) electrons. The number of esters is 2. The van der Waals surface area contributed by atoms with E-state index < -0.39 is 43.2 Å². The molecule has 27 heavy (non-hydrogen) atoms. The van der Waals surface area contributed by atoms with Gasteiger partial charge in [-0.3, -0.25) is 0 Å². The fourth-order valence-electron chi connectivity index (χ4n) is 2.74. The van der Waals surface area contributed by atoms with Crippen LogP contribution in [0.3, 0.4) is 0 Å². The van der Waals surface area contributed by atoms with E-state index in [-0.39, 0.29) is 12.0 Å². The fraction of sp³-hybridized carbons (Fsp3) is 0.300. The second-order valence-electron chi connectivity index (χ2n) is 6.08. The maximum atomic E-state index is 14.7. The standard InChI is InChI=1S/C20H19FO6/c21-18-15(27-20(24)14-9-5-2-6-10-14)11-17(22)26-16(18)12-25-19(23)13-7-3-1-4-8-13/h1-10,15-18,22H,11-12H2/t15?,16?,17-,18-/m0/s1. The first-order valence-electron chi connectivity index (χ1n) is 8.50. The number of hydrogen-bond donors (Lipinski definition) is 1. The highest BCUT2D eigenvalue weighted by atomic mass is 19.1.